The maximum atomic E-state index is 12.3. The van der Waals surface area contributed by atoms with Crippen LogP contribution < -0.4 is 5.32 Å². The van der Waals surface area contributed by atoms with E-state index in [9.17, 15) is 18.0 Å². The van der Waals surface area contributed by atoms with Crippen molar-refractivity contribution in [2.24, 2.45) is 0 Å². The van der Waals surface area contributed by atoms with Crippen LogP contribution in [0.3, 0.4) is 0 Å². The number of nitrogens with one attached hydrogen (secondary N) is 1. The first-order valence-corrected chi connectivity index (χ1v) is 8.51. The van der Waals surface area contributed by atoms with Crippen LogP contribution in [0.1, 0.15) is 26.3 Å². The van der Waals surface area contributed by atoms with Crippen LogP contribution in [0.15, 0.2) is 24.3 Å². The van der Waals surface area contributed by atoms with E-state index >= 15 is 0 Å². The van der Waals surface area contributed by atoms with E-state index in [1.807, 2.05) is 6.92 Å². The number of esters is 1. The van der Waals surface area contributed by atoms with E-state index in [2.05, 4.69) is 5.32 Å². The lowest BCUT2D eigenvalue weighted by molar-refractivity contribution is -0.145. The molecule has 0 atom stereocenters. The lowest BCUT2D eigenvalue weighted by Crippen LogP contribution is -2.45. The van der Waals surface area contributed by atoms with E-state index in [1.54, 1.807) is 31.2 Å². The minimum atomic E-state index is -4.00. The topological polar surface area (TPSA) is 89.5 Å². The Morgan fingerprint density at radius 1 is 1.18 bits per heavy atom. The van der Waals surface area contributed by atoms with Crippen molar-refractivity contribution in [2.45, 2.75) is 32.4 Å². The Morgan fingerprint density at radius 3 is 2.23 bits per heavy atom. The molecule has 1 amide bonds. The van der Waals surface area contributed by atoms with Crippen molar-refractivity contribution in [3.05, 3.63) is 29.8 Å². The first-order valence-electron chi connectivity index (χ1n) is 6.86. The van der Waals surface area contributed by atoms with Crippen molar-refractivity contribution in [3.63, 3.8) is 0 Å². The second kappa shape index (κ2) is 6.91. The van der Waals surface area contributed by atoms with Gasteiger partial charge in [-0.3, -0.25) is 9.59 Å². The van der Waals surface area contributed by atoms with Gasteiger partial charge in [0, 0.05) is 5.69 Å². The summed E-state index contributed by atoms with van der Waals surface area (Å²) in [6, 6.07) is 6.95. The first kappa shape index (κ1) is 18.2. The summed E-state index contributed by atoms with van der Waals surface area (Å²) in [5.74, 6) is -2.34. The smallest absolute Gasteiger partial charge is 0.326 e. The molecule has 1 rings (SSSR count). The second-order valence-electron chi connectivity index (χ2n) is 5.40. The van der Waals surface area contributed by atoms with Crippen molar-refractivity contribution >= 4 is 27.4 Å². The molecule has 0 radical (unpaired) electrons. The molecule has 0 aliphatic heterocycles. The predicted octanol–water partition coefficient (Wildman–Crippen LogP) is 1.69. The summed E-state index contributed by atoms with van der Waals surface area (Å²) >= 11 is 0. The fraction of sp³-hybridized carbons (Fsp3) is 0.467. The Hall–Kier alpha value is -1.89. The Balaban J connectivity index is 2.81. The quantitative estimate of drug-likeness (QED) is 0.803. The summed E-state index contributed by atoms with van der Waals surface area (Å²) in [6.07, 6.45) is 0. The van der Waals surface area contributed by atoms with Gasteiger partial charge < -0.3 is 10.1 Å². The van der Waals surface area contributed by atoms with Gasteiger partial charge in [-0.05, 0) is 39.8 Å². The summed E-state index contributed by atoms with van der Waals surface area (Å²) in [5, 5.41) is 2.50. The number of ether oxygens (including phenoxy) is 1. The molecule has 1 aromatic carbocycles. The van der Waals surface area contributed by atoms with Crippen LogP contribution in [0.2, 0.25) is 0 Å². The van der Waals surface area contributed by atoms with Gasteiger partial charge in [0.1, 0.15) is 5.75 Å². The van der Waals surface area contributed by atoms with Crippen LogP contribution in [-0.4, -0.2) is 37.4 Å². The molecule has 7 heteroatoms. The van der Waals surface area contributed by atoms with Gasteiger partial charge in [0.2, 0.25) is 5.91 Å². The minimum Gasteiger partial charge on any atom is -0.465 e. The van der Waals surface area contributed by atoms with Crippen molar-refractivity contribution in [2.75, 3.05) is 17.7 Å². The minimum absolute atomic E-state index is 0.0767. The maximum Gasteiger partial charge on any atom is 0.326 e. The molecule has 0 fully saturated rings. The number of sulfone groups is 1. The summed E-state index contributed by atoms with van der Waals surface area (Å²) in [5.41, 5.74) is 1.52. The molecule has 0 saturated heterocycles. The molecule has 0 aromatic heterocycles. The van der Waals surface area contributed by atoms with Crippen LogP contribution in [0.25, 0.3) is 0 Å². The zero-order valence-corrected chi connectivity index (χ0v) is 14.0. The van der Waals surface area contributed by atoms with Gasteiger partial charge in [-0.1, -0.05) is 17.7 Å². The highest BCUT2D eigenvalue weighted by Gasteiger charge is 2.44. The molecular weight excluding hydrogens is 306 g/mol. The van der Waals surface area contributed by atoms with Crippen molar-refractivity contribution < 1.29 is 22.7 Å². The van der Waals surface area contributed by atoms with Gasteiger partial charge in [0.25, 0.3) is 0 Å². The van der Waals surface area contributed by atoms with Gasteiger partial charge in [-0.15, -0.1) is 0 Å². The Morgan fingerprint density at radius 2 is 1.73 bits per heavy atom. The average Bonchev–Trinajstić information content (AvgIpc) is 2.40. The van der Waals surface area contributed by atoms with Crippen LogP contribution in [0, 0.1) is 6.92 Å². The summed E-state index contributed by atoms with van der Waals surface area (Å²) in [7, 11) is -4.00. The largest absolute Gasteiger partial charge is 0.465 e. The van der Waals surface area contributed by atoms with Crippen molar-refractivity contribution in [1.29, 1.82) is 0 Å². The van der Waals surface area contributed by atoms with Crippen LogP contribution in [-0.2, 0) is 24.2 Å². The van der Waals surface area contributed by atoms with Gasteiger partial charge >= 0.3 is 5.97 Å². The SMILES string of the molecule is CCOC(=O)C(C)(C)S(=O)(=O)CC(=O)Nc1ccc(C)cc1. The number of carbonyl (C=O) groups is 2. The number of hydrogen-bond donors (Lipinski definition) is 1. The van der Waals surface area contributed by atoms with E-state index in [-0.39, 0.29) is 6.61 Å². The number of hydrogen-bond acceptors (Lipinski definition) is 5. The van der Waals surface area contributed by atoms with Gasteiger partial charge in [-0.2, -0.15) is 0 Å². The molecule has 0 aliphatic carbocycles. The van der Waals surface area contributed by atoms with Crippen molar-refractivity contribution in [3.8, 4) is 0 Å². The third-order valence-electron chi connectivity index (χ3n) is 3.20. The van der Waals surface area contributed by atoms with E-state index in [0.29, 0.717) is 5.69 Å². The molecule has 0 saturated carbocycles. The molecule has 0 heterocycles. The fourth-order valence-corrected chi connectivity index (χ4v) is 2.71. The van der Waals surface area contributed by atoms with Crippen molar-refractivity contribution in [1.82, 2.24) is 0 Å². The van der Waals surface area contributed by atoms with Crippen LogP contribution >= 0.6 is 0 Å². The van der Waals surface area contributed by atoms with Gasteiger partial charge in [0.05, 0.1) is 6.61 Å². The number of rotatable bonds is 6. The zero-order chi connectivity index (χ0) is 17.0. The molecule has 0 aliphatic rings. The number of anilines is 1. The highest BCUT2D eigenvalue weighted by molar-refractivity contribution is 7.94. The van der Waals surface area contributed by atoms with E-state index < -0.39 is 32.2 Å². The Kier molecular flexibility index (Phi) is 5.71. The van der Waals surface area contributed by atoms with Crippen LogP contribution in [0.4, 0.5) is 5.69 Å². The van der Waals surface area contributed by atoms with E-state index in [0.717, 1.165) is 5.56 Å². The summed E-state index contributed by atoms with van der Waals surface area (Å²) in [6.45, 7) is 6.04. The Labute approximate surface area is 130 Å². The standard InChI is InChI=1S/C15H21NO5S/c1-5-21-14(18)15(3,4)22(19,20)10-13(17)16-12-8-6-11(2)7-9-12/h6-9H,5,10H2,1-4H3,(H,16,17). The molecule has 6 nitrogen and oxygen atoms in total. The number of aryl methyl sites for hydroxylation is 1. The first-order chi connectivity index (χ1) is 10.1. The molecule has 1 N–H and O–H groups in total. The highest BCUT2D eigenvalue weighted by atomic mass is 32.2. The number of benzene rings is 1. The third kappa shape index (κ3) is 4.30. The molecule has 22 heavy (non-hydrogen) atoms. The molecular formula is C15H21NO5S. The molecule has 0 spiro atoms. The molecule has 1 aromatic rings. The Bertz CT molecular complexity index is 647. The fourth-order valence-electron chi connectivity index (χ4n) is 1.62. The normalized spacial score (nSPS) is 11.8. The maximum absolute atomic E-state index is 12.3. The molecule has 0 unspecified atom stereocenters. The number of carbonyl (C=O) groups excluding carboxylic acids is 2. The lowest BCUT2D eigenvalue weighted by Gasteiger charge is -2.22. The van der Waals surface area contributed by atoms with E-state index in [4.69, 9.17) is 4.74 Å². The van der Waals surface area contributed by atoms with Gasteiger partial charge in [0.15, 0.2) is 14.6 Å². The summed E-state index contributed by atoms with van der Waals surface area (Å²) in [4.78, 5) is 23.7. The summed E-state index contributed by atoms with van der Waals surface area (Å²) < 4.78 is 27.5. The second-order valence-corrected chi connectivity index (χ2v) is 7.94. The van der Waals surface area contributed by atoms with Gasteiger partial charge in [-0.25, -0.2) is 8.42 Å². The highest BCUT2D eigenvalue weighted by Crippen LogP contribution is 2.20. The molecule has 122 valence electrons. The van der Waals surface area contributed by atoms with Crippen LogP contribution in [0.5, 0.6) is 0 Å². The lowest BCUT2D eigenvalue weighted by atomic mass is 10.2. The monoisotopic (exact) mass is 327 g/mol. The number of amides is 1. The van der Waals surface area contributed by atoms with E-state index in [1.165, 1.54) is 13.8 Å². The molecule has 0 bridgehead atoms. The third-order valence-corrected chi connectivity index (χ3v) is 5.56. The predicted molar refractivity (Wildman–Crippen MR) is 84.3 cm³/mol. The average molecular weight is 327 g/mol. The zero-order valence-electron chi connectivity index (χ0n) is 13.2.